The van der Waals surface area contributed by atoms with E-state index in [1.165, 1.54) is 32.4 Å². The fraction of sp³-hybridized carbons (Fsp3) is 1.00. The lowest BCUT2D eigenvalue weighted by molar-refractivity contribution is 0.0825. The van der Waals surface area contributed by atoms with Crippen LogP contribution in [0, 0.1) is 11.3 Å². The van der Waals surface area contributed by atoms with Crippen molar-refractivity contribution in [2.24, 2.45) is 11.3 Å². The summed E-state index contributed by atoms with van der Waals surface area (Å²) >= 11 is 0. The Morgan fingerprint density at radius 3 is 2.00 bits per heavy atom. The topological polar surface area (TPSA) is 3.24 Å². The first-order valence-electron chi connectivity index (χ1n) is 6.27. The van der Waals surface area contributed by atoms with Crippen LogP contribution in [0.15, 0.2) is 0 Å². The van der Waals surface area contributed by atoms with Crippen molar-refractivity contribution in [2.75, 3.05) is 20.1 Å². The van der Waals surface area contributed by atoms with Gasteiger partial charge in [0.15, 0.2) is 0 Å². The van der Waals surface area contributed by atoms with Gasteiger partial charge in [-0.1, -0.05) is 41.0 Å². The lowest BCUT2D eigenvalue weighted by atomic mass is 9.70. The van der Waals surface area contributed by atoms with Crippen molar-refractivity contribution < 1.29 is 0 Å². The third-order valence-electron chi connectivity index (χ3n) is 3.93. The molecular weight excluding hydrogens is 170 g/mol. The molecule has 0 bridgehead atoms. The molecule has 1 unspecified atom stereocenters. The molecule has 1 fully saturated rings. The van der Waals surface area contributed by atoms with Gasteiger partial charge in [0.25, 0.3) is 0 Å². The van der Waals surface area contributed by atoms with E-state index in [0.29, 0.717) is 5.41 Å². The zero-order valence-corrected chi connectivity index (χ0v) is 11.1. The minimum atomic E-state index is 0.626. The van der Waals surface area contributed by atoms with Crippen LogP contribution in [0.4, 0.5) is 0 Å². The predicted molar refractivity (Wildman–Crippen MR) is 65.6 cm³/mol. The summed E-state index contributed by atoms with van der Waals surface area (Å²) in [5, 5.41) is 0. The Labute approximate surface area is 90.9 Å². The van der Waals surface area contributed by atoms with Crippen molar-refractivity contribution in [1.29, 1.82) is 0 Å². The number of piperidine rings is 1. The second kappa shape index (κ2) is 6.44. The van der Waals surface area contributed by atoms with E-state index >= 15 is 0 Å². The summed E-state index contributed by atoms with van der Waals surface area (Å²) in [5.41, 5.74) is 0.626. The van der Waals surface area contributed by atoms with Gasteiger partial charge in [-0.05, 0) is 44.3 Å². The van der Waals surface area contributed by atoms with E-state index in [1.54, 1.807) is 0 Å². The molecule has 0 aliphatic carbocycles. The van der Waals surface area contributed by atoms with E-state index in [2.05, 4.69) is 32.7 Å². The highest BCUT2D eigenvalue weighted by molar-refractivity contribution is 4.84. The molecule has 1 saturated heterocycles. The molecule has 0 amide bonds. The molecule has 1 heterocycles. The molecule has 14 heavy (non-hydrogen) atoms. The zero-order chi connectivity index (χ0) is 11.2. The van der Waals surface area contributed by atoms with Crippen LogP contribution in [0.25, 0.3) is 0 Å². The highest BCUT2D eigenvalue weighted by Crippen LogP contribution is 2.39. The first-order valence-corrected chi connectivity index (χ1v) is 6.27. The normalized spacial score (nSPS) is 23.6. The van der Waals surface area contributed by atoms with Crippen LogP contribution < -0.4 is 0 Å². The lowest BCUT2D eigenvalue weighted by Gasteiger charge is -2.42. The largest absolute Gasteiger partial charge is 0.306 e. The molecule has 0 N–H and O–H groups in total. The van der Waals surface area contributed by atoms with Crippen molar-refractivity contribution in [3.63, 3.8) is 0 Å². The molecule has 1 aliphatic rings. The fourth-order valence-corrected chi connectivity index (χ4v) is 2.11. The Morgan fingerprint density at radius 2 is 1.64 bits per heavy atom. The van der Waals surface area contributed by atoms with Gasteiger partial charge in [0.2, 0.25) is 0 Å². The predicted octanol–water partition coefficient (Wildman–Crippen LogP) is 3.79. The highest BCUT2D eigenvalue weighted by atomic mass is 15.1. The van der Waals surface area contributed by atoms with Gasteiger partial charge < -0.3 is 4.90 Å². The van der Waals surface area contributed by atoms with E-state index in [1.807, 2.05) is 13.8 Å². The molecule has 86 valence electrons. The minimum Gasteiger partial charge on any atom is -0.306 e. The molecule has 1 nitrogen and oxygen atoms in total. The number of hydrogen-bond acceptors (Lipinski definition) is 1. The van der Waals surface area contributed by atoms with Crippen molar-refractivity contribution >= 4 is 0 Å². The van der Waals surface area contributed by atoms with Crippen LogP contribution >= 0.6 is 0 Å². The number of rotatable bonds is 2. The molecule has 0 spiro atoms. The average Bonchev–Trinajstić information content (AvgIpc) is 2.24. The SMILES string of the molecule is CC.CCC(C)C1(C)CCN(C)CC1. The monoisotopic (exact) mass is 199 g/mol. The third-order valence-corrected chi connectivity index (χ3v) is 3.93. The summed E-state index contributed by atoms with van der Waals surface area (Å²) in [4.78, 5) is 2.45. The van der Waals surface area contributed by atoms with Crippen LogP contribution in [0.5, 0.6) is 0 Å². The van der Waals surface area contributed by atoms with Crippen molar-refractivity contribution in [3.8, 4) is 0 Å². The maximum absolute atomic E-state index is 2.47. The smallest absolute Gasteiger partial charge is 0.00165 e. The van der Waals surface area contributed by atoms with Gasteiger partial charge in [0.1, 0.15) is 0 Å². The summed E-state index contributed by atoms with van der Waals surface area (Å²) in [7, 11) is 2.23. The molecule has 1 heteroatoms. The molecule has 0 radical (unpaired) electrons. The summed E-state index contributed by atoms with van der Waals surface area (Å²) in [6.45, 7) is 13.8. The van der Waals surface area contributed by atoms with Crippen molar-refractivity contribution in [1.82, 2.24) is 4.90 Å². The molecule has 1 aliphatic heterocycles. The van der Waals surface area contributed by atoms with E-state index < -0.39 is 0 Å². The van der Waals surface area contributed by atoms with E-state index in [9.17, 15) is 0 Å². The zero-order valence-electron chi connectivity index (χ0n) is 11.1. The minimum absolute atomic E-state index is 0.626. The molecule has 0 aromatic heterocycles. The van der Waals surface area contributed by atoms with E-state index in [-0.39, 0.29) is 0 Å². The maximum Gasteiger partial charge on any atom is -0.00165 e. The second-order valence-electron chi connectivity index (χ2n) is 4.77. The van der Waals surface area contributed by atoms with Gasteiger partial charge in [-0.15, -0.1) is 0 Å². The summed E-state index contributed by atoms with van der Waals surface area (Å²) in [5.74, 6) is 0.895. The summed E-state index contributed by atoms with van der Waals surface area (Å²) in [6.07, 6.45) is 4.11. The van der Waals surface area contributed by atoms with Gasteiger partial charge in [-0.3, -0.25) is 0 Å². The number of likely N-dealkylation sites (tertiary alicyclic amines) is 1. The molecule has 1 rings (SSSR count). The Balaban J connectivity index is 0.000000791. The molecule has 0 saturated carbocycles. The van der Waals surface area contributed by atoms with Gasteiger partial charge in [-0.2, -0.15) is 0 Å². The molecular formula is C13H29N. The lowest BCUT2D eigenvalue weighted by Crippen LogP contribution is -2.39. The fourth-order valence-electron chi connectivity index (χ4n) is 2.11. The number of hydrogen-bond donors (Lipinski definition) is 0. The highest BCUT2D eigenvalue weighted by Gasteiger charge is 2.32. The number of nitrogens with zero attached hydrogens (tertiary/aromatic N) is 1. The van der Waals surface area contributed by atoms with E-state index in [0.717, 1.165) is 5.92 Å². The van der Waals surface area contributed by atoms with Gasteiger partial charge >= 0.3 is 0 Å². The van der Waals surface area contributed by atoms with Gasteiger partial charge in [0, 0.05) is 0 Å². The Hall–Kier alpha value is -0.0400. The van der Waals surface area contributed by atoms with Crippen LogP contribution in [0.2, 0.25) is 0 Å². The van der Waals surface area contributed by atoms with Crippen LogP contribution in [-0.4, -0.2) is 25.0 Å². The molecule has 1 atom stereocenters. The molecule has 0 aromatic rings. The third kappa shape index (κ3) is 3.61. The van der Waals surface area contributed by atoms with E-state index in [4.69, 9.17) is 0 Å². The average molecular weight is 199 g/mol. The first kappa shape index (κ1) is 14.0. The van der Waals surface area contributed by atoms with Gasteiger partial charge in [0.05, 0.1) is 0 Å². The quantitative estimate of drug-likeness (QED) is 0.654. The maximum atomic E-state index is 2.47. The standard InChI is InChI=1S/C11H23N.C2H6/c1-5-10(2)11(3)6-8-12(4)9-7-11;1-2/h10H,5-9H2,1-4H3;1-2H3. The Kier molecular flexibility index (Phi) is 6.43. The summed E-state index contributed by atoms with van der Waals surface area (Å²) in [6, 6.07) is 0. The van der Waals surface area contributed by atoms with Crippen LogP contribution in [0.1, 0.15) is 53.9 Å². The van der Waals surface area contributed by atoms with Gasteiger partial charge in [-0.25, -0.2) is 0 Å². The first-order chi connectivity index (χ1) is 6.58. The van der Waals surface area contributed by atoms with Crippen molar-refractivity contribution in [3.05, 3.63) is 0 Å². The summed E-state index contributed by atoms with van der Waals surface area (Å²) < 4.78 is 0. The van der Waals surface area contributed by atoms with Crippen LogP contribution in [-0.2, 0) is 0 Å². The molecule has 0 aromatic carbocycles. The van der Waals surface area contributed by atoms with Crippen molar-refractivity contribution in [2.45, 2.75) is 53.9 Å². The Bertz CT molecular complexity index is 134. The Morgan fingerprint density at radius 1 is 1.21 bits per heavy atom. The van der Waals surface area contributed by atoms with Crippen LogP contribution in [0.3, 0.4) is 0 Å². The second-order valence-corrected chi connectivity index (χ2v) is 4.77.